The van der Waals surface area contributed by atoms with E-state index in [4.69, 9.17) is 4.52 Å². The van der Waals surface area contributed by atoms with Crippen molar-refractivity contribution in [1.82, 2.24) is 15.5 Å². The molecule has 1 aliphatic rings. The molecule has 150 valence electrons. The summed E-state index contributed by atoms with van der Waals surface area (Å²) in [6, 6.07) is 5.76. The average molecular weight is 404 g/mol. The van der Waals surface area contributed by atoms with Gasteiger partial charge in [-0.3, -0.25) is 0 Å². The molecule has 2 aromatic rings. The minimum absolute atomic E-state index is 0. The molecular formula is C19H25ClF3N3O. The summed E-state index contributed by atoms with van der Waals surface area (Å²) in [4.78, 5) is 4.56. The monoisotopic (exact) mass is 403 g/mol. The lowest BCUT2D eigenvalue weighted by Crippen LogP contribution is -2.31. The molecule has 0 spiro atoms. The Balaban J connectivity index is 0.00000261. The second-order valence-electron chi connectivity index (χ2n) is 7.13. The Morgan fingerprint density at radius 1 is 1.22 bits per heavy atom. The van der Waals surface area contributed by atoms with Gasteiger partial charge in [-0.2, -0.15) is 18.2 Å². The number of hydrogen-bond acceptors (Lipinski definition) is 4. The maximum absolute atomic E-state index is 13.2. The largest absolute Gasteiger partial charge is 0.416 e. The van der Waals surface area contributed by atoms with Crippen LogP contribution in [0.4, 0.5) is 13.2 Å². The van der Waals surface area contributed by atoms with Crippen LogP contribution >= 0.6 is 12.4 Å². The van der Waals surface area contributed by atoms with Gasteiger partial charge in [0.2, 0.25) is 5.89 Å². The highest BCUT2D eigenvalue weighted by molar-refractivity contribution is 5.85. The zero-order valence-corrected chi connectivity index (χ0v) is 16.3. The highest BCUT2D eigenvalue weighted by atomic mass is 35.5. The highest BCUT2D eigenvalue weighted by Gasteiger charge is 2.42. The van der Waals surface area contributed by atoms with Gasteiger partial charge in [0, 0.05) is 12.5 Å². The Morgan fingerprint density at radius 2 is 1.93 bits per heavy atom. The van der Waals surface area contributed by atoms with E-state index in [1.165, 1.54) is 12.1 Å². The Hall–Kier alpha value is -1.60. The van der Waals surface area contributed by atoms with Crippen molar-refractivity contribution in [3.8, 4) is 0 Å². The van der Waals surface area contributed by atoms with Crippen LogP contribution in [0.3, 0.4) is 0 Å². The fraction of sp³-hybridized carbons (Fsp3) is 0.579. The molecule has 4 nitrogen and oxygen atoms in total. The van der Waals surface area contributed by atoms with Crippen LogP contribution in [0.15, 0.2) is 28.8 Å². The normalized spacial score (nSPS) is 18.0. The average Bonchev–Trinajstić information content (AvgIpc) is 3.10. The van der Waals surface area contributed by atoms with Crippen molar-refractivity contribution in [2.45, 2.75) is 63.1 Å². The molecule has 1 unspecified atom stereocenters. The molecule has 0 saturated heterocycles. The minimum atomic E-state index is -4.37. The van der Waals surface area contributed by atoms with E-state index in [1.54, 1.807) is 6.07 Å². The molecule has 8 heteroatoms. The van der Waals surface area contributed by atoms with Crippen molar-refractivity contribution >= 4 is 12.4 Å². The van der Waals surface area contributed by atoms with Crippen LogP contribution in [-0.4, -0.2) is 23.2 Å². The van der Waals surface area contributed by atoms with Gasteiger partial charge in [0.1, 0.15) is 0 Å². The lowest BCUT2D eigenvalue weighted by Gasteiger charge is -2.34. The summed E-state index contributed by atoms with van der Waals surface area (Å²) < 4.78 is 45.1. The molecule has 1 aromatic carbocycles. The summed E-state index contributed by atoms with van der Waals surface area (Å²) in [5.74, 6) is 1.02. The first-order chi connectivity index (χ1) is 12.3. The van der Waals surface area contributed by atoms with Gasteiger partial charge in [-0.25, -0.2) is 0 Å². The van der Waals surface area contributed by atoms with Crippen LogP contribution < -0.4 is 5.32 Å². The first kappa shape index (κ1) is 21.7. The van der Waals surface area contributed by atoms with E-state index in [1.807, 2.05) is 14.0 Å². The van der Waals surface area contributed by atoms with Crippen LogP contribution in [0.25, 0.3) is 0 Å². The standard InChI is InChI=1S/C19H24F3N3O.ClH/c1-13(23-2)11-16-24-17(26-25-16)18(9-4-3-5-10-18)14-7-6-8-15(12-14)19(20,21)22;/h6-8,12-13,23H,3-5,9-11H2,1-2H3;1H. The fourth-order valence-corrected chi connectivity index (χ4v) is 3.68. The summed E-state index contributed by atoms with van der Waals surface area (Å²) >= 11 is 0. The van der Waals surface area contributed by atoms with Crippen molar-refractivity contribution in [3.63, 3.8) is 0 Å². The van der Waals surface area contributed by atoms with Crippen molar-refractivity contribution in [1.29, 1.82) is 0 Å². The van der Waals surface area contributed by atoms with Gasteiger partial charge < -0.3 is 9.84 Å². The topological polar surface area (TPSA) is 51.0 Å². The predicted octanol–water partition coefficient (Wildman–Crippen LogP) is 4.91. The number of alkyl halides is 3. The molecule has 1 heterocycles. The van der Waals surface area contributed by atoms with Gasteiger partial charge in [-0.05, 0) is 38.4 Å². The summed E-state index contributed by atoms with van der Waals surface area (Å²) in [5, 5.41) is 7.19. The predicted molar refractivity (Wildman–Crippen MR) is 99.1 cm³/mol. The van der Waals surface area contributed by atoms with E-state index in [0.29, 0.717) is 23.7 Å². The minimum Gasteiger partial charge on any atom is -0.338 e. The fourth-order valence-electron chi connectivity index (χ4n) is 3.68. The van der Waals surface area contributed by atoms with Gasteiger partial charge >= 0.3 is 6.18 Å². The highest BCUT2D eigenvalue weighted by Crippen LogP contribution is 2.45. The molecule has 0 radical (unpaired) electrons. The van der Waals surface area contributed by atoms with Crippen LogP contribution in [0.5, 0.6) is 0 Å². The molecule has 1 N–H and O–H groups in total. The molecule has 1 fully saturated rings. The summed E-state index contributed by atoms with van der Waals surface area (Å²) in [6.07, 6.45) is 0.613. The van der Waals surface area contributed by atoms with Gasteiger partial charge in [0.25, 0.3) is 0 Å². The van der Waals surface area contributed by atoms with Crippen LogP contribution in [0, 0.1) is 0 Å². The number of halogens is 4. The van der Waals surface area contributed by atoms with E-state index in [2.05, 4.69) is 15.5 Å². The maximum Gasteiger partial charge on any atom is 0.416 e. The number of hydrogen-bond donors (Lipinski definition) is 1. The number of nitrogens with zero attached hydrogens (tertiary/aromatic N) is 2. The Kier molecular flexibility index (Phi) is 6.92. The molecule has 0 bridgehead atoms. The Labute approximate surface area is 163 Å². The second kappa shape index (κ2) is 8.61. The van der Waals surface area contributed by atoms with Crippen molar-refractivity contribution in [3.05, 3.63) is 47.1 Å². The lowest BCUT2D eigenvalue weighted by atomic mass is 9.69. The van der Waals surface area contributed by atoms with Gasteiger partial charge in [-0.15, -0.1) is 12.4 Å². The van der Waals surface area contributed by atoms with Crippen LogP contribution in [0.1, 0.15) is 61.9 Å². The first-order valence-corrected chi connectivity index (χ1v) is 9.03. The summed E-state index contributed by atoms with van der Waals surface area (Å²) in [5.41, 5.74) is -0.652. The molecular weight excluding hydrogens is 379 g/mol. The van der Waals surface area contributed by atoms with Crippen LogP contribution in [-0.2, 0) is 18.0 Å². The van der Waals surface area contributed by atoms with E-state index in [-0.39, 0.29) is 18.4 Å². The summed E-state index contributed by atoms with van der Waals surface area (Å²) in [6.45, 7) is 2.01. The molecule has 1 saturated carbocycles. The Morgan fingerprint density at radius 3 is 2.56 bits per heavy atom. The second-order valence-corrected chi connectivity index (χ2v) is 7.13. The number of benzene rings is 1. The quantitative estimate of drug-likeness (QED) is 0.770. The molecule has 1 aromatic heterocycles. The number of nitrogens with one attached hydrogen (secondary N) is 1. The summed E-state index contributed by atoms with van der Waals surface area (Å²) in [7, 11) is 1.86. The molecule has 3 rings (SSSR count). The van der Waals surface area contributed by atoms with Crippen molar-refractivity contribution in [2.75, 3.05) is 7.05 Å². The van der Waals surface area contributed by atoms with E-state index < -0.39 is 17.2 Å². The number of likely N-dealkylation sites (N-methyl/N-ethyl adjacent to an activating group) is 1. The molecule has 0 amide bonds. The molecule has 0 aliphatic heterocycles. The van der Waals surface area contributed by atoms with E-state index in [0.717, 1.165) is 38.2 Å². The third kappa shape index (κ3) is 4.63. The van der Waals surface area contributed by atoms with Gasteiger partial charge in [0.05, 0.1) is 11.0 Å². The van der Waals surface area contributed by atoms with E-state index >= 15 is 0 Å². The third-order valence-electron chi connectivity index (χ3n) is 5.31. The Bertz CT molecular complexity index is 742. The van der Waals surface area contributed by atoms with Crippen LogP contribution in [0.2, 0.25) is 0 Å². The number of aromatic nitrogens is 2. The van der Waals surface area contributed by atoms with Gasteiger partial charge in [-0.1, -0.05) is 42.6 Å². The van der Waals surface area contributed by atoms with Crippen molar-refractivity contribution < 1.29 is 17.7 Å². The van der Waals surface area contributed by atoms with E-state index in [9.17, 15) is 13.2 Å². The smallest absolute Gasteiger partial charge is 0.338 e. The molecule has 1 aliphatic carbocycles. The molecule has 27 heavy (non-hydrogen) atoms. The molecule has 1 atom stereocenters. The van der Waals surface area contributed by atoms with Crippen molar-refractivity contribution in [2.24, 2.45) is 0 Å². The third-order valence-corrected chi connectivity index (χ3v) is 5.31. The first-order valence-electron chi connectivity index (χ1n) is 9.03. The SMILES string of the molecule is CNC(C)Cc1noc(C2(c3cccc(C(F)(F)F)c3)CCCCC2)n1.Cl. The zero-order chi connectivity index (χ0) is 18.8. The van der Waals surface area contributed by atoms with Gasteiger partial charge in [0.15, 0.2) is 5.82 Å². The lowest BCUT2D eigenvalue weighted by molar-refractivity contribution is -0.137. The maximum atomic E-state index is 13.2. The zero-order valence-electron chi connectivity index (χ0n) is 15.5. The number of rotatable bonds is 5.